The van der Waals surface area contributed by atoms with Gasteiger partial charge in [-0.05, 0) is 43.3 Å². The normalized spacial score (nSPS) is 12.9. The molecular formula is C18H20BrF3N4S. The number of nitrogens with two attached hydrogens (primary N) is 1. The topological polar surface area (TPSA) is 62.1 Å². The van der Waals surface area contributed by atoms with Crippen LogP contribution in [0.3, 0.4) is 0 Å². The van der Waals surface area contributed by atoms with Gasteiger partial charge >= 0.3 is 6.18 Å². The molecule has 0 unspecified atom stereocenters. The molecule has 0 spiro atoms. The molecule has 0 aliphatic carbocycles. The Bertz CT molecular complexity index is 814. The molecule has 0 fully saturated rings. The number of hydrogen-bond donors (Lipinski definition) is 4. The average molecular weight is 461 g/mol. The number of alkyl halides is 3. The van der Waals surface area contributed by atoms with Gasteiger partial charge in [-0.15, -0.1) is 0 Å². The summed E-state index contributed by atoms with van der Waals surface area (Å²) in [6.45, 7) is 2.60. The largest absolute Gasteiger partial charge is 0.416 e. The van der Waals surface area contributed by atoms with E-state index in [-0.39, 0.29) is 0 Å². The zero-order chi connectivity index (χ0) is 19.4. The van der Waals surface area contributed by atoms with Crippen molar-refractivity contribution in [2.45, 2.75) is 22.4 Å². The van der Waals surface area contributed by atoms with Crippen LogP contribution >= 0.6 is 27.7 Å². The first-order valence-electron chi connectivity index (χ1n) is 8.53. The van der Waals surface area contributed by atoms with E-state index in [0.717, 1.165) is 34.6 Å². The van der Waals surface area contributed by atoms with Crippen LogP contribution in [0.4, 0.5) is 30.2 Å². The Balaban J connectivity index is 1.83. The highest BCUT2D eigenvalue weighted by atomic mass is 79.9. The lowest BCUT2D eigenvalue weighted by molar-refractivity contribution is -0.137. The monoisotopic (exact) mass is 460 g/mol. The lowest BCUT2D eigenvalue weighted by atomic mass is 10.1. The Morgan fingerprint density at radius 3 is 2.63 bits per heavy atom. The third-order valence-corrected chi connectivity index (χ3v) is 5.63. The molecule has 0 saturated heterocycles. The predicted octanol–water partition coefficient (Wildman–Crippen LogP) is 5.03. The molecule has 5 N–H and O–H groups in total. The van der Waals surface area contributed by atoms with Crippen LogP contribution in [0.25, 0.3) is 0 Å². The van der Waals surface area contributed by atoms with Gasteiger partial charge in [0.1, 0.15) is 0 Å². The summed E-state index contributed by atoms with van der Waals surface area (Å²) in [6, 6.07) is 8.05. The Hall–Kier alpha value is -1.42. The van der Waals surface area contributed by atoms with Crippen LogP contribution in [0.5, 0.6) is 0 Å². The van der Waals surface area contributed by atoms with Crippen molar-refractivity contribution in [3.8, 4) is 0 Å². The minimum Gasteiger partial charge on any atom is -0.383 e. The van der Waals surface area contributed by atoms with E-state index in [1.54, 1.807) is 0 Å². The van der Waals surface area contributed by atoms with E-state index in [4.69, 9.17) is 5.73 Å². The van der Waals surface area contributed by atoms with Gasteiger partial charge in [0.15, 0.2) is 0 Å². The van der Waals surface area contributed by atoms with Crippen molar-refractivity contribution < 1.29 is 13.2 Å². The van der Waals surface area contributed by atoms with Crippen molar-refractivity contribution >= 4 is 44.8 Å². The summed E-state index contributed by atoms with van der Waals surface area (Å²) < 4.78 is 40.9. The highest BCUT2D eigenvalue weighted by molar-refractivity contribution is 9.10. The molecule has 4 nitrogen and oxygen atoms in total. The molecule has 0 saturated carbocycles. The zero-order valence-electron chi connectivity index (χ0n) is 14.4. The van der Waals surface area contributed by atoms with Gasteiger partial charge in [-0.2, -0.15) is 13.2 Å². The Morgan fingerprint density at radius 1 is 1.07 bits per heavy atom. The molecule has 1 heterocycles. The molecule has 3 rings (SSSR count). The van der Waals surface area contributed by atoms with Crippen LogP contribution in [0.2, 0.25) is 0 Å². The van der Waals surface area contributed by atoms with Crippen LogP contribution in [-0.2, 0) is 6.18 Å². The molecule has 0 radical (unpaired) electrons. The second kappa shape index (κ2) is 8.72. The Kier molecular flexibility index (Phi) is 6.56. The molecule has 2 aromatic carbocycles. The molecule has 0 bridgehead atoms. The van der Waals surface area contributed by atoms with Crippen LogP contribution in [0, 0.1) is 0 Å². The fraction of sp³-hybridized carbons (Fsp3) is 0.333. The summed E-state index contributed by atoms with van der Waals surface area (Å²) in [5.41, 5.74) is 6.77. The molecule has 1 aliphatic heterocycles. The molecule has 27 heavy (non-hydrogen) atoms. The van der Waals surface area contributed by atoms with Crippen LogP contribution in [0.15, 0.2) is 44.6 Å². The van der Waals surface area contributed by atoms with Gasteiger partial charge < -0.3 is 21.7 Å². The maximum Gasteiger partial charge on any atom is 0.416 e. The van der Waals surface area contributed by atoms with Crippen LogP contribution < -0.4 is 21.7 Å². The van der Waals surface area contributed by atoms with E-state index in [1.165, 1.54) is 23.9 Å². The fourth-order valence-corrected chi connectivity index (χ4v) is 4.14. The van der Waals surface area contributed by atoms with E-state index in [1.807, 2.05) is 18.2 Å². The molecular weight excluding hydrogens is 441 g/mol. The maximum absolute atomic E-state index is 13.3. The summed E-state index contributed by atoms with van der Waals surface area (Å²) in [7, 11) is 0. The minimum atomic E-state index is -4.39. The summed E-state index contributed by atoms with van der Waals surface area (Å²) in [6.07, 6.45) is -3.62. The second-order valence-electron chi connectivity index (χ2n) is 6.08. The minimum absolute atomic E-state index is 0.455. The van der Waals surface area contributed by atoms with E-state index in [9.17, 15) is 13.2 Å². The van der Waals surface area contributed by atoms with Crippen molar-refractivity contribution in [3.63, 3.8) is 0 Å². The molecule has 0 amide bonds. The first-order chi connectivity index (χ1) is 12.9. The van der Waals surface area contributed by atoms with Crippen LogP contribution in [0.1, 0.15) is 12.0 Å². The molecule has 9 heteroatoms. The SMILES string of the molecule is NCCNCCCNc1cc(C(F)(F)F)cc2c1Nc1cc(Br)ccc1S2. The fourth-order valence-electron chi connectivity index (χ4n) is 2.73. The van der Waals surface area contributed by atoms with Gasteiger partial charge in [0.25, 0.3) is 0 Å². The first-order valence-corrected chi connectivity index (χ1v) is 10.1. The molecule has 0 atom stereocenters. The number of benzene rings is 2. The number of nitrogens with one attached hydrogen (secondary N) is 3. The maximum atomic E-state index is 13.3. The lowest BCUT2D eigenvalue weighted by Gasteiger charge is -2.25. The summed E-state index contributed by atoms with van der Waals surface area (Å²) in [5, 5.41) is 9.59. The van der Waals surface area contributed by atoms with E-state index in [0.29, 0.717) is 29.4 Å². The van der Waals surface area contributed by atoms with Crippen molar-refractivity contribution in [1.82, 2.24) is 5.32 Å². The first kappa shape index (κ1) is 20.3. The number of hydrogen-bond acceptors (Lipinski definition) is 5. The Morgan fingerprint density at radius 2 is 1.89 bits per heavy atom. The highest BCUT2D eigenvalue weighted by Crippen LogP contribution is 2.49. The second-order valence-corrected chi connectivity index (χ2v) is 8.08. The number of rotatable bonds is 7. The molecule has 146 valence electrons. The van der Waals surface area contributed by atoms with Gasteiger partial charge in [-0.3, -0.25) is 0 Å². The smallest absolute Gasteiger partial charge is 0.383 e. The number of fused-ring (bicyclic) bond motifs is 2. The summed E-state index contributed by atoms with van der Waals surface area (Å²) >= 11 is 4.77. The van der Waals surface area contributed by atoms with E-state index >= 15 is 0 Å². The van der Waals surface area contributed by atoms with Gasteiger partial charge in [-0.1, -0.05) is 27.7 Å². The van der Waals surface area contributed by atoms with E-state index < -0.39 is 11.7 Å². The van der Waals surface area contributed by atoms with Crippen LogP contribution in [-0.4, -0.2) is 26.2 Å². The number of halogens is 4. The van der Waals surface area contributed by atoms with Crippen molar-refractivity contribution in [3.05, 3.63) is 40.4 Å². The third-order valence-electron chi connectivity index (χ3n) is 4.02. The average Bonchev–Trinajstić information content (AvgIpc) is 2.62. The molecule has 0 aromatic heterocycles. The van der Waals surface area contributed by atoms with Gasteiger partial charge in [-0.25, -0.2) is 0 Å². The van der Waals surface area contributed by atoms with Gasteiger partial charge in [0.2, 0.25) is 0 Å². The zero-order valence-corrected chi connectivity index (χ0v) is 16.8. The Labute approximate surface area is 168 Å². The standard InChI is InChI=1S/C18H20BrF3N4S/c19-12-2-3-15-13(10-12)26-17-14(25-6-1-5-24-7-4-23)8-11(18(20,21)22)9-16(17)27-15/h2-3,8-10,24-26H,1,4-7,23H2. The van der Waals surface area contributed by atoms with Gasteiger partial charge in [0.05, 0.1) is 22.6 Å². The summed E-state index contributed by atoms with van der Waals surface area (Å²) in [5.74, 6) is 0. The predicted molar refractivity (Wildman–Crippen MR) is 108 cm³/mol. The molecule has 2 aromatic rings. The number of anilines is 3. The quantitative estimate of drug-likeness (QED) is 0.372. The van der Waals surface area contributed by atoms with Crippen molar-refractivity contribution in [1.29, 1.82) is 0 Å². The van der Waals surface area contributed by atoms with Crippen molar-refractivity contribution in [2.24, 2.45) is 5.73 Å². The highest BCUT2D eigenvalue weighted by Gasteiger charge is 2.33. The third kappa shape index (κ3) is 5.10. The summed E-state index contributed by atoms with van der Waals surface area (Å²) in [4.78, 5) is 1.45. The van der Waals surface area contributed by atoms with Gasteiger partial charge in [0, 0.05) is 33.9 Å². The lowest BCUT2D eigenvalue weighted by Crippen LogP contribution is -2.24. The molecule has 1 aliphatic rings. The van der Waals surface area contributed by atoms with E-state index in [2.05, 4.69) is 31.9 Å². The van der Waals surface area contributed by atoms with Crippen molar-refractivity contribution in [2.75, 3.05) is 36.8 Å².